The largest absolute Gasteiger partial charge is 0.381 e. The van der Waals surface area contributed by atoms with E-state index in [0.29, 0.717) is 12.2 Å². The highest BCUT2D eigenvalue weighted by Crippen LogP contribution is 2.18. The minimum absolute atomic E-state index is 0.0746. The summed E-state index contributed by atoms with van der Waals surface area (Å²) in [6, 6.07) is 7.91. The molecule has 2 aromatic heterocycles. The van der Waals surface area contributed by atoms with E-state index >= 15 is 0 Å². The van der Waals surface area contributed by atoms with Crippen LogP contribution in [0.5, 0.6) is 0 Å². The molecule has 0 unspecified atom stereocenters. The maximum Gasteiger partial charge on any atom is 0.270 e. The van der Waals surface area contributed by atoms with Crippen LogP contribution in [0.1, 0.15) is 54.6 Å². The van der Waals surface area contributed by atoms with Crippen LogP contribution in [0.3, 0.4) is 0 Å². The van der Waals surface area contributed by atoms with E-state index < -0.39 is 0 Å². The molecule has 126 valence electrons. The number of carbonyl (C=O) groups is 1. The van der Waals surface area contributed by atoms with Gasteiger partial charge in [0.15, 0.2) is 0 Å². The molecule has 0 radical (unpaired) electrons. The number of rotatable bonds is 5. The predicted octanol–water partition coefficient (Wildman–Crippen LogP) is 3.54. The highest BCUT2D eigenvalue weighted by Gasteiger charge is 2.16. The van der Waals surface area contributed by atoms with Crippen molar-refractivity contribution in [2.75, 3.05) is 5.32 Å². The van der Waals surface area contributed by atoms with Crippen molar-refractivity contribution in [2.24, 2.45) is 0 Å². The van der Waals surface area contributed by atoms with Gasteiger partial charge in [0.1, 0.15) is 5.69 Å². The molecule has 0 aliphatic heterocycles. The van der Waals surface area contributed by atoms with Crippen molar-refractivity contribution in [1.29, 1.82) is 0 Å². The van der Waals surface area contributed by atoms with Crippen LogP contribution >= 0.6 is 0 Å². The third kappa shape index (κ3) is 4.78. The number of anilines is 1. The van der Waals surface area contributed by atoms with Crippen LogP contribution in [0, 0.1) is 0 Å². The number of hydrogen-bond acceptors (Lipinski definition) is 4. The van der Waals surface area contributed by atoms with E-state index in [1.165, 1.54) is 25.7 Å². The van der Waals surface area contributed by atoms with Gasteiger partial charge in [-0.15, -0.1) is 0 Å². The minimum atomic E-state index is -0.0746. The zero-order valence-corrected chi connectivity index (χ0v) is 13.9. The van der Waals surface area contributed by atoms with E-state index in [2.05, 4.69) is 20.6 Å². The molecule has 2 aromatic rings. The number of hydrogen-bond donors (Lipinski definition) is 2. The summed E-state index contributed by atoms with van der Waals surface area (Å²) >= 11 is 0. The summed E-state index contributed by atoms with van der Waals surface area (Å²) in [6.07, 6.45) is 12.3. The van der Waals surface area contributed by atoms with E-state index in [1.54, 1.807) is 18.6 Å². The molecule has 1 aliphatic carbocycles. The molecule has 0 atom stereocenters. The summed E-state index contributed by atoms with van der Waals surface area (Å²) < 4.78 is 0. The standard InChI is InChI=1S/C19H24N4O/c24-19(23-16-5-3-1-2-4-6-16)18-13-17(9-12-21-18)22-14-15-7-10-20-11-8-15/h7-13,16H,1-6,14H2,(H,21,22)(H,23,24). The molecule has 5 heteroatoms. The van der Waals surface area contributed by atoms with Gasteiger partial charge in [0.05, 0.1) is 0 Å². The van der Waals surface area contributed by atoms with Crippen LogP contribution in [0.25, 0.3) is 0 Å². The number of nitrogens with zero attached hydrogens (tertiary/aromatic N) is 2. The van der Waals surface area contributed by atoms with Crippen molar-refractivity contribution in [3.8, 4) is 0 Å². The average molecular weight is 324 g/mol. The summed E-state index contributed by atoms with van der Waals surface area (Å²) in [7, 11) is 0. The fourth-order valence-corrected chi connectivity index (χ4v) is 3.05. The molecule has 0 aromatic carbocycles. The van der Waals surface area contributed by atoms with Crippen molar-refractivity contribution in [1.82, 2.24) is 15.3 Å². The van der Waals surface area contributed by atoms with E-state index in [1.807, 2.05) is 24.3 Å². The Morgan fingerprint density at radius 2 is 1.79 bits per heavy atom. The van der Waals surface area contributed by atoms with Crippen molar-refractivity contribution >= 4 is 11.6 Å². The number of pyridine rings is 2. The molecular weight excluding hydrogens is 300 g/mol. The number of nitrogens with one attached hydrogen (secondary N) is 2. The van der Waals surface area contributed by atoms with Crippen molar-refractivity contribution < 1.29 is 4.79 Å². The fourth-order valence-electron chi connectivity index (χ4n) is 3.05. The summed E-state index contributed by atoms with van der Waals surface area (Å²) in [5, 5.41) is 6.46. The molecule has 2 heterocycles. The Balaban J connectivity index is 1.58. The van der Waals surface area contributed by atoms with Crippen molar-refractivity contribution in [2.45, 2.75) is 51.1 Å². The molecule has 2 N–H and O–H groups in total. The Labute approximate surface area is 142 Å². The molecule has 0 saturated heterocycles. The maximum absolute atomic E-state index is 12.4. The van der Waals surface area contributed by atoms with E-state index in [9.17, 15) is 4.79 Å². The van der Waals surface area contributed by atoms with Gasteiger partial charge in [-0.05, 0) is 42.7 Å². The van der Waals surface area contributed by atoms with Gasteiger partial charge in [0, 0.05) is 36.9 Å². The zero-order chi connectivity index (χ0) is 16.6. The van der Waals surface area contributed by atoms with Crippen LogP contribution in [-0.4, -0.2) is 21.9 Å². The topological polar surface area (TPSA) is 66.9 Å². The Morgan fingerprint density at radius 1 is 1.04 bits per heavy atom. The molecule has 24 heavy (non-hydrogen) atoms. The molecule has 5 nitrogen and oxygen atoms in total. The third-order valence-corrected chi connectivity index (χ3v) is 4.43. The van der Waals surface area contributed by atoms with Gasteiger partial charge in [-0.1, -0.05) is 25.7 Å². The third-order valence-electron chi connectivity index (χ3n) is 4.43. The normalized spacial score (nSPS) is 15.5. The first-order valence-electron chi connectivity index (χ1n) is 8.71. The fraction of sp³-hybridized carbons (Fsp3) is 0.421. The minimum Gasteiger partial charge on any atom is -0.381 e. The smallest absolute Gasteiger partial charge is 0.270 e. The lowest BCUT2D eigenvalue weighted by Gasteiger charge is -2.16. The second-order valence-corrected chi connectivity index (χ2v) is 6.30. The first-order chi connectivity index (χ1) is 11.8. The summed E-state index contributed by atoms with van der Waals surface area (Å²) in [5.74, 6) is -0.0746. The molecular formula is C19H24N4O. The highest BCUT2D eigenvalue weighted by atomic mass is 16.1. The molecule has 3 rings (SSSR count). The van der Waals surface area contributed by atoms with Crippen LogP contribution in [-0.2, 0) is 6.54 Å². The maximum atomic E-state index is 12.4. The molecule has 0 spiro atoms. The van der Waals surface area contributed by atoms with Crippen LogP contribution in [0.2, 0.25) is 0 Å². The van der Waals surface area contributed by atoms with Crippen LogP contribution < -0.4 is 10.6 Å². The SMILES string of the molecule is O=C(NC1CCCCCC1)c1cc(NCc2ccncc2)ccn1. The highest BCUT2D eigenvalue weighted by molar-refractivity contribution is 5.93. The summed E-state index contributed by atoms with van der Waals surface area (Å²) in [6.45, 7) is 0.691. The molecule has 1 aliphatic rings. The van der Waals surface area contributed by atoms with Crippen molar-refractivity contribution in [3.63, 3.8) is 0 Å². The Morgan fingerprint density at radius 3 is 2.54 bits per heavy atom. The van der Waals surface area contributed by atoms with Gasteiger partial charge in [-0.2, -0.15) is 0 Å². The molecule has 0 bridgehead atoms. The van der Waals surface area contributed by atoms with Gasteiger partial charge in [0.25, 0.3) is 5.91 Å². The number of amides is 1. The predicted molar refractivity (Wildman–Crippen MR) is 94.8 cm³/mol. The first-order valence-corrected chi connectivity index (χ1v) is 8.71. The van der Waals surface area contributed by atoms with E-state index in [4.69, 9.17) is 0 Å². The first kappa shape index (κ1) is 16.4. The Kier molecular flexibility index (Phi) is 5.77. The van der Waals surface area contributed by atoms with Crippen molar-refractivity contribution in [3.05, 3.63) is 54.1 Å². The van der Waals surface area contributed by atoms with Gasteiger partial charge in [0.2, 0.25) is 0 Å². The molecule has 1 saturated carbocycles. The lowest BCUT2D eigenvalue weighted by atomic mass is 10.1. The van der Waals surface area contributed by atoms with Gasteiger partial charge >= 0.3 is 0 Å². The lowest BCUT2D eigenvalue weighted by Crippen LogP contribution is -2.34. The number of carbonyl (C=O) groups excluding carboxylic acids is 1. The van der Waals surface area contributed by atoms with Gasteiger partial charge in [-0.25, -0.2) is 0 Å². The second kappa shape index (κ2) is 8.43. The van der Waals surface area contributed by atoms with Gasteiger partial charge in [-0.3, -0.25) is 14.8 Å². The van der Waals surface area contributed by atoms with E-state index in [0.717, 1.165) is 24.1 Å². The average Bonchev–Trinajstić information content (AvgIpc) is 2.90. The zero-order valence-electron chi connectivity index (χ0n) is 13.9. The molecule has 1 amide bonds. The monoisotopic (exact) mass is 324 g/mol. The number of aromatic nitrogens is 2. The molecule has 1 fully saturated rings. The summed E-state index contributed by atoms with van der Waals surface area (Å²) in [5.41, 5.74) is 2.51. The van der Waals surface area contributed by atoms with E-state index in [-0.39, 0.29) is 11.9 Å². The van der Waals surface area contributed by atoms with Crippen LogP contribution in [0.15, 0.2) is 42.9 Å². The quantitative estimate of drug-likeness (QED) is 0.826. The summed E-state index contributed by atoms with van der Waals surface area (Å²) in [4.78, 5) is 20.7. The Hall–Kier alpha value is -2.43. The van der Waals surface area contributed by atoms with Gasteiger partial charge < -0.3 is 10.6 Å². The van der Waals surface area contributed by atoms with Crippen LogP contribution in [0.4, 0.5) is 5.69 Å². The second-order valence-electron chi connectivity index (χ2n) is 6.30. The Bertz CT molecular complexity index is 651. The lowest BCUT2D eigenvalue weighted by molar-refractivity contribution is 0.0928.